The number of nitrogens with zero attached hydrogens (tertiary/aromatic N) is 1. The van der Waals surface area contributed by atoms with Crippen molar-refractivity contribution in [3.8, 4) is 0 Å². The smallest absolute Gasteiger partial charge is 0.0200 e. The summed E-state index contributed by atoms with van der Waals surface area (Å²) in [6.45, 7) is 10.8. The molecule has 1 rings (SSSR count). The van der Waals surface area contributed by atoms with Crippen molar-refractivity contribution in [3.63, 3.8) is 0 Å². The number of rotatable bonds is 1. The van der Waals surface area contributed by atoms with Gasteiger partial charge >= 0.3 is 0 Å². The highest BCUT2D eigenvalue weighted by atomic mass is 15.1. The van der Waals surface area contributed by atoms with Gasteiger partial charge < -0.3 is 4.90 Å². The Labute approximate surface area is 63.7 Å². The molecule has 1 unspecified atom stereocenters. The molecule has 0 aliphatic carbocycles. The fraction of sp³-hybridized carbons (Fsp3) is 0.778. The Hall–Kier alpha value is -0.460. The van der Waals surface area contributed by atoms with Crippen LogP contribution in [0.3, 0.4) is 0 Å². The van der Waals surface area contributed by atoms with Crippen molar-refractivity contribution in [1.29, 1.82) is 0 Å². The Morgan fingerprint density at radius 1 is 1.60 bits per heavy atom. The fourth-order valence-electron chi connectivity index (χ4n) is 1.54. The van der Waals surface area contributed by atoms with Crippen molar-refractivity contribution in [3.05, 3.63) is 12.3 Å². The molecule has 1 fully saturated rings. The molecular weight excluding hydrogens is 122 g/mol. The second-order valence-corrected chi connectivity index (χ2v) is 3.43. The lowest BCUT2D eigenvalue weighted by Gasteiger charge is -2.32. The summed E-state index contributed by atoms with van der Waals surface area (Å²) in [5, 5.41) is 0. The van der Waals surface area contributed by atoms with Crippen LogP contribution in [0.5, 0.6) is 0 Å². The van der Waals surface area contributed by atoms with Gasteiger partial charge in [-0.25, -0.2) is 0 Å². The minimum absolute atomic E-state index is 0.866. The van der Waals surface area contributed by atoms with Gasteiger partial charge in [0, 0.05) is 18.8 Å². The van der Waals surface area contributed by atoms with Crippen LogP contribution in [0.15, 0.2) is 12.3 Å². The van der Waals surface area contributed by atoms with Crippen LogP contribution in [-0.4, -0.2) is 18.0 Å². The molecule has 10 heavy (non-hydrogen) atoms. The van der Waals surface area contributed by atoms with E-state index in [2.05, 4.69) is 25.3 Å². The van der Waals surface area contributed by atoms with Gasteiger partial charge in [-0.2, -0.15) is 0 Å². The van der Waals surface area contributed by atoms with Gasteiger partial charge in [0.05, 0.1) is 0 Å². The predicted octanol–water partition coefficient (Wildman–Crippen LogP) is 2.25. The second kappa shape index (κ2) is 3.09. The third kappa shape index (κ3) is 1.76. The van der Waals surface area contributed by atoms with Gasteiger partial charge in [0.25, 0.3) is 0 Å². The Morgan fingerprint density at radius 3 is 2.70 bits per heavy atom. The van der Waals surface area contributed by atoms with Crippen molar-refractivity contribution < 1.29 is 0 Å². The van der Waals surface area contributed by atoms with Crippen molar-refractivity contribution in [1.82, 2.24) is 4.90 Å². The fourth-order valence-corrected chi connectivity index (χ4v) is 1.54. The summed E-state index contributed by atoms with van der Waals surface area (Å²) in [7, 11) is 0. The molecule has 0 N–H and O–H groups in total. The molecule has 0 amide bonds. The normalized spacial score (nSPS) is 26.6. The van der Waals surface area contributed by atoms with Crippen LogP contribution >= 0.6 is 0 Å². The number of piperidine rings is 1. The minimum Gasteiger partial charge on any atom is -0.375 e. The first-order chi connectivity index (χ1) is 4.70. The molecular formula is C9H17N. The third-order valence-corrected chi connectivity index (χ3v) is 2.20. The van der Waals surface area contributed by atoms with Crippen molar-refractivity contribution in [2.24, 2.45) is 5.92 Å². The van der Waals surface area contributed by atoms with Crippen molar-refractivity contribution >= 4 is 0 Å². The van der Waals surface area contributed by atoms with E-state index in [1.807, 2.05) is 0 Å². The van der Waals surface area contributed by atoms with Gasteiger partial charge in [-0.3, -0.25) is 0 Å². The highest BCUT2D eigenvalue weighted by molar-refractivity contribution is 4.90. The third-order valence-electron chi connectivity index (χ3n) is 2.20. The topological polar surface area (TPSA) is 3.24 Å². The summed E-state index contributed by atoms with van der Waals surface area (Å²) in [6, 6.07) is 0. The number of hydrogen-bond donors (Lipinski definition) is 0. The lowest BCUT2D eigenvalue weighted by molar-refractivity contribution is 0.230. The molecule has 1 atom stereocenters. The van der Waals surface area contributed by atoms with Crippen LogP contribution in [0.25, 0.3) is 0 Å². The first-order valence-electron chi connectivity index (χ1n) is 4.10. The number of hydrogen-bond acceptors (Lipinski definition) is 1. The second-order valence-electron chi connectivity index (χ2n) is 3.43. The molecule has 1 aliphatic heterocycles. The average molecular weight is 139 g/mol. The van der Waals surface area contributed by atoms with E-state index in [4.69, 9.17) is 0 Å². The maximum atomic E-state index is 3.94. The van der Waals surface area contributed by atoms with Crippen LogP contribution in [0.2, 0.25) is 0 Å². The molecule has 0 bridgehead atoms. The minimum atomic E-state index is 0.866. The van der Waals surface area contributed by atoms with Gasteiger partial charge in [-0.15, -0.1) is 0 Å². The van der Waals surface area contributed by atoms with E-state index in [-0.39, 0.29) is 0 Å². The summed E-state index contributed by atoms with van der Waals surface area (Å²) in [6.07, 6.45) is 2.73. The highest BCUT2D eigenvalue weighted by Crippen LogP contribution is 2.17. The molecule has 58 valence electrons. The molecule has 1 nitrogen and oxygen atoms in total. The molecule has 0 aromatic rings. The Morgan fingerprint density at radius 2 is 2.30 bits per heavy atom. The summed E-state index contributed by atoms with van der Waals surface area (Å²) < 4.78 is 0. The maximum Gasteiger partial charge on any atom is 0.0200 e. The maximum absolute atomic E-state index is 3.94. The Balaban J connectivity index is 2.39. The summed E-state index contributed by atoms with van der Waals surface area (Å²) >= 11 is 0. The van der Waals surface area contributed by atoms with Gasteiger partial charge in [0.2, 0.25) is 0 Å². The van der Waals surface area contributed by atoms with Gasteiger partial charge in [0.1, 0.15) is 0 Å². The van der Waals surface area contributed by atoms with Crippen LogP contribution in [-0.2, 0) is 0 Å². The molecule has 0 saturated carbocycles. The molecule has 0 aromatic heterocycles. The van der Waals surface area contributed by atoms with Gasteiger partial charge in [-0.05, 0) is 25.7 Å². The van der Waals surface area contributed by atoms with E-state index in [0.717, 1.165) is 5.92 Å². The molecule has 1 saturated heterocycles. The monoisotopic (exact) mass is 139 g/mol. The van der Waals surface area contributed by atoms with Crippen molar-refractivity contribution in [2.75, 3.05) is 13.1 Å². The standard InChI is InChI=1S/C9H17N/c1-8(2)10-6-4-5-9(3)7-10/h9H,1,4-7H2,2-3H3. The van der Waals surface area contributed by atoms with Crippen molar-refractivity contribution in [2.45, 2.75) is 26.7 Å². The van der Waals surface area contributed by atoms with E-state index < -0.39 is 0 Å². The largest absolute Gasteiger partial charge is 0.375 e. The first kappa shape index (κ1) is 7.64. The summed E-state index contributed by atoms with van der Waals surface area (Å²) in [5.74, 6) is 0.866. The van der Waals surface area contributed by atoms with Crippen LogP contribution in [0, 0.1) is 5.92 Å². The molecule has 0 aromatic carbocycles. The molecule has 0 spiro atoms. The Kier molecular flexibility index (Phi) is 2.36. The summed E-state index contributed by atoms with van der Waals surface area (Å²) in [5.41, 5.74) is 1.23. The molecule has 1 aliphatic rings. The molecule has 1 heterocycles. The van der Waals surface area contributed by atoms with E-state index in [1.54, 1.807) is 0 Å². The van der Waals surface area contributed by atoms with Gasteiger partial charge in [0.15, 0.2) is 0 Å². The van der Waals surface area contributed by atoms with Crippen LogP contribution in [0.1, 0.15) is 26.7 Å². The first-order valence-corrected chi connectivity index (χ1v) is 4.10. The molecule has 0 radical (unpaired) electrons. The van der Waals surface area contributed by atoms with Crippen LogP contribution < -0.4 is 0 Å². The van der Waals surface area contributed by atoms with Crippen LogP contribution in [0.4, 0.5) is 0 Å². The zero-order valence-corrected chi connectivity index (χ0v) is 7.06. The quantitative estimate of drug-likeness (QED) is 0.538. The lowest BCUT2D eigenvalue weighted by atomic mass is 10.0. The number of allylic oxidation sites excluding steroid dienone is 1. The predicted molar refractivity (Wildman–Crippen MR) is 44.8 cm³/mol. The number of likely N-dealkylation sites (tertiary alicyclic amines) is 1. The highest BCUT2D eigenvalue weighted by Gasteiger charge is 2.14. The van der Waals surface area contributed by atoms with Gasteiger partial charge in [-0.1, -0.05) is 13.5 Å². The van der Waals surface area contributed by atoms with E-state index in [9.17, 15) is 0 Å². The SMILES string of the molecule is C=C(C)N1CCCC(C)C1. The zero-order chi connectivity index (χ0) is 7.56. The van der Waals surface area contributed by atoms with E-state index >= 15 is 0 Å². The average Bonchev–Trinajstić information content (AvgIpc) is 1.88. The van der Waals surface area contributed by atoms with E-state index in [0.29, 0.717) is 0 Å². The zero-order valence-electron chi connectivity index (χ0n) is 7.06. The Bertz CT molecular complexity index is 129. The lowest BCUT2D eigenvalue weighted by Crippen LogP contribution is -2.32. The molecule has 1 heteroatoms. The summed E-state index contributed by atoms with van der Waals surface area (Å²) in [4.78, 5) is 2.38. The van der Waals surface area contributed by atoms with E-state index in [1.165, 1.54) is 31.6 Å².